The van der Waals surface area contributed by atoms with Gasteiger partial charge in [0.25, 0.3) is 0 Å². The minimum absolute atomic E-state index is 0.0543. The molecule has 3 aromatic carbocycles. The SMILES string of the molecule is Cc1ccc(S(=O)(=O)c2cn(CC(=O)NCCc3ccccc3)c3ccccc23)cc1. The van der Waals surface area contributed by atoms with E-state index < -0.39 is 9.84 Å². The first-order valence-electron chi connectivity index (χ1n) is 10.2. The molecule has 0 unspecified atom stereocenters. The molecule has 0 bridgehead atoms. The van der Waals surface area contributed by atoms with Crippen LogP contribution < -0.4 is 5.32 Å². The van der Waals surface area contributed by atoms with E-state index in [9.17, 15) is 13.2 Å². The van der Waals surface area contributed by atoms with Crippen molar-refractivity contribution in [1.82, 2.24) is 9.88 Å². The van der Waals surface area contributed by atoms with Crippen molar-refractivity contribution in [3.05, 3.63) is 96.2 Å². The predicted octanol–water partition coefficient (Wildman–Crippen LogP) is 4.14. The number of carbonyl (C=O) groups excluding carboxylic acids is 1. The van der Waals surface area contributed by atoms with E-state index in [2.05, 4.69) is 5.32 Å². The summed E-state index contributed by atoms with van der Waals surface area (Å²) in [6, 6.07) is 24.0. The Morgan fingerprint density at radius 2 is 1.58 bits per heavy atom. The summed E-state index contributed by atoms with van der Waals surface area (Å²) in [5, 5.41) is 3.53. The lowest BCUT2D eigenvalue weighted by Gasteiger charge is -2.07. The van der Waals surface area contributed by atoms with Gasteiger partial charge >= 0.3 is 0 Å². The van der Waals surface area contributed by atoms with Crippen LogP contribution in [0.5, 0.6) is 0 Å². The first-order chi connectivity index (χ1) is 14.9. The van der Waals surface area contributed by atoms with E-state index in [1.54, 1.807) is 47.2 Å². The molecule has 6 heteroatoms. The van der Waals surface area contributed by atoms with Crippen LogP contribution in [0.25, 0.3) is 10.9 Å². The molecular weight excluding hydrogens is 408 g/mol. The molecule has 0 aliphatic carbocycles. The maximum atomic E-state index is 13.3. The third-order valence-corrected chi connectivity index (χ3v) is 7.06. The summed E-state index contributed by atoms with van der Waals surface area (Å²) in [6.45, 7) is 2.49. The Balaban J connectivity index is 1.56. The quantitative estimate of drug-likeness (QED) is 0.477. The van der Waals surface area contributed by atoms with E-state index in [0.717, 1.165) is 17.5 Å². The van der Waals surface area contributed by atoms with Crippen LogP contribution in [0.3, 0.4) is 0 Å². The van der Waals surface area contributed by atoms with Gasteiger partial charge in [0.15, 0.2) is 0 Å². The molecule has 1 N–H and O–H groups in total. The second-order valence-corrected chi connectivity index (χ2v) is 9.46. The Morgan fingerprint density at radius 1 is 0.903 bits per heavy atom. The van der Waals surface area contributed by atoms with Gasteiger partial charge in [0.05, 0.1) is 9.79 Å². The first-order valence-corrected chi connectivity index (χ1v) is 11.6. The van der Waals surface area contributed by atoms with Crippen molar-refractivity contribution < 1.29 is 13.2 Å². The number of amides is 1. The molecule has 0 fully saturated rings. The smallest absolute Gasteiger partial charge is 0.239 e. The minimum Gasteiger partial charge on any atom is -0.354 e. The van der Waals surface area contributed by atoms with Crippen LogP contribution in [0, 0.1) is 6.92 Å². The first kappa shape index (κ1) is 20.9. The average Bonchev–Trinajstić information content (AvgIpc) is 3.14. The molecule has 0 atom stereocenters. The number of aromatic nitrogens is 1. The van der Waals surface area contributed by atoms with Gasteiger partial charge in [0.1, 0.15) is 6.54 Å². The van der Waals surface area contributed by atoms with Crippen LogP contribution in [-0.2, 0) is 27.6 Å². The van der Waals surface area contributed by atoms with Crippen LogP contribution in [0.1, 0.15) is 11.1 Å². The van der Waals surface area contributed by atoms with Crippen LogP contribution in [0.4, 0.5) is 0 Å². The number of para-hydroxylation sites is 1. The molecule has 1 heterocycles. The fourth-order valence-electron chi connectivity index (χ4n) is 3.60. The molecule has 5 nitrogen and oxygen atoms in total. The maximum Gasteiger partial charge on any atom is 0.239 e. The molecule has 4 rings (SSSR count). The van der Waals surface area contributed by atoms with Gasteiger partial charge in [-0.1, -0.05) is 66.2 Å². The molecule has 4 aromatic rings. The van der Waals surface area contributed by atoms with Crippen molar-refractivity contribution in [2.24, 2.45) is 0 Å². The Morgan fingerprint density at radius 3 is 2.32 bits per heavy atom. The van der Waals surface area contributed by atoms with Crippen molar-refractivity contribution in [3.63, 3.8) is 0 Å². The highest BCUT2D eigenvalue weighted by Crippen LogP contribution is 2.30. The number of rotatable bonds is 7. The van der Waals surface area contributed by atoms with Crippen molar-refractivity contribution in [2.45, 2.75) is 29.7 Å². The maximum absolute atomic E-state index is 13.3. The lowest BCUT2D eigenvalue weighted by Crippen LogP contribution is -2.29. The van der Waals surface area contributed by atoms with Gasteiger partial charge in [-0.15, -0.1) is 0 Å². The Labute approximate surface area is 182 Å². The fraction of sp³-hybridized carbons (Fsp3) is 0.160. The molecule has 0 aliphatic heterocycles. The number of benzene rings is 3. The molecule has 0 saturated carbocycles. The van der Waals surface area contributed by atoms with E-state index in [0.29, 0.717) is 17.4 Å². The largest absolute Gasteiger partial charge is 0.354 e. The van der Waals surface area contributed by atoms with Crippen molar-refractivity contribution in [3.8, 4) is 0 Å². The lowest BCUT2D eigenvalue weighted by atomic mass is 10.1. The van der Waals surface area contributed by atoms with Crippen molar-refractivity contribution in [1.29, 1.82) is 0 Å². The van der Waals surface area contributed by atoms with Gasteiger partial charge in [-0.2, -0.15) is 0 Å². The van der Waals surface area contributed by atoms with E-state index in [4.69, 9.17) is 0 Å². The summed E-state index contributed by atoms with van der Waals surface area (Å²) < 4.78 is 28.2. The Bertz CT molecular complexity index is 1310. The number of fused-ring (bicyclic) bond motifs is 1. The Kier molecular flexibility index (Phi) is 5.91. The molecule has 0 saturated heterocycles. The summed E-state index contributed by atoms with van der Waals surface area (Å²) in [7, 11) is -3.70. The summed E-state index contributed by atoms with van der Waals surface area (Å²) in [5.41, 5.74) is 2.86. The van der Waals surface area contributed by atoms with Gasteiger partial charge in [-0.25, -0.2) is 8.42 Å². The summed E-state index contributed by atoms with van der Waals surface area (Å²) in [6.07, 6.45) is 2.31. The average molecular weight is 433 g/mol. The number of hydrogen-bond acceptors (Lipinski definition) is 3. The normalized spacial score (nSPS) is 11.5. The highest BCUT2D eigenvalue weighted by atomic mass is 32.2. The monoisotopic (exact) mass is 432 g/mol. The number of carbonyl (C=O) groups is 1. The fourth-order valence-corrected chi connectivity index (χ4v) is 5.08. The number of hydrogen-bond donors (Lipinski definition) is 1. The Hall–Kier alpha value is -3.38. The van der Waals surface area contributed by atoms with Crippen LogP contribution in [0.2, 0.25) is 0 Å². The zero-order chi connectivity index (χ0) is 21.8. The number of nitrogens with one attached hydrogen (secondary N) is 1. The van der Waals surface area contributed by atoms with E-state index in [1.807, 2.05) is 49.4 Å². The topological polar surface area (TPSA) is 68.2 Å². The minimum atomic E-state index is -3.70. The van der Waals surface area contributed by atoms with Crippen LogP contribution in [-0.4, -0.2) is 25.4 Å². The lowest BCUT2D eigenvalue weighted by molar-refractivity contribution is -0.121. The second-order valence-electron chi connectivity index (χ2n) is 7.54. The molecule has 158 valence electrons. The molecular formula is C25H24N2O3S. The standard InChI is InChI=1S/C25H24N2O3S/c1-19-11-13-21(14-12-19)31(29,30)24-17-27(23-10-6-5-9-22(23)24)18-25(28)26-16-15-20-7-3-2-4-8-20/h2-14,17H,15-16,18H2,1H3,(H,26,28). The number of nitrogens with zero attached hydrogens (tertiary/aromatic N) is 1. The molecule has 1 aromatic heterocycles. The molecule has 1 amide bonds. The van der Waals surface area contributed by atoms with E-state index in [-0.39, 0.29) is 22.2 Å². The zero-order valence-corrected chi connectivity index (χ0v) is 18.1. The third kappa shape index (κ3) is 4.54. The third-order valence-electron chi connectivity index (χ3n) is 5.27. The predicted molar refractivity (Wildman–Crippen MR) is 122 cm³/mol. The number of sulfone groups is 1. The summed E-state index contributed by atoms with van der Waals surface area (Å²) in [5.74, 6) is -0.157. The van der Waals surface area contributed by atoms with E-state index in [1.165, 1.54) is 0 Å². The van der Waals surface area contributed by atoms with Gasteiger partial charge < -0.3 is 9.88 Å². The summed E-state index contributed by atoms with van der Waals surface area (Å²) >= 11 is 0. The summed E-state index contributed by atoms with van der Waals surface area (Å²) in [4.78, 5) is 13.0. The van der Waals surface area contributed by atoms with Crippen molar-refractivity contribution in [2.75, 3.05) is 6.54 Å². The zero-order valence-electron chi connectivity index (χ0n) is 17.3. The highest BCUT2D eigenvalue weighted by molar-refractivity contribution is 7.91. The second kappa shape index (κ2) is 8.78. The molecule has 31 heavy (non-hydrogen) atoms. The number of aryl methyl sites for hydroxylation is 1. The van der Waals surface area contributed by atoms with Gasteiger partial charge in [-0.3, -0.25) is 4.79 Å². The van der Waals surface area contributed by atoms with Gasteiger partial charge in [-0.05, 0) is 37.1 Å². The van der Waals surface area contributed by atoms with Gasteiger partial charge in [0.2, 0.25) is 15.7 Å². The molecule has 0 radical (unpaired) electrons. The van der Waals surface area contributed by atoms with E-state index >= 15 is 0 Å². The van der Waals surface area contributed by atoms with Crippen molar-refractivity contribution >= 4 is 26.6 Å². The van der Waals surface area contributed by atoms with Crippen LogP contribution in [0.15, 0.2) is 94.9 Å². The molecule has 0 aliphatic rings. The highest BCUT2D eigenvalue weighted by Gasteiger charge is 2.23. The van der Waals surface area contributed by atoms with Gasteiger partial charge in [0, 0.05) is 23.6 Å². The molecule has 0 spiro atoms. The van der Waals surface area contributed by atoms with Crippen LogP contribution >= 0.6 is 0 Å².